The molecule has 2 aromatic rings. The summed E-state index contributed by atoms with van der Waals surface area (Å²) in [6, 6.07) is 4.75. The fourth-order valence-electron chi connectivity index (χ4n) is 1.38. The first-order valence-corrected chi connectivity index (χ1v) is 5.16. The van der Waals surface area contributed by atoms with Crippen molar-refractivity contribution in [1.29, 1.82) is 0 Å². The lowest BCUT2D eigenvalue weighted by atomic mass is 10.1. The molecule has 0 spiro atoms. The Balaban J connectivity index is 2.62. The summed E-state index contributed by atoms with van der Waals surface area (Å²) in [5, 5.41) is 6.88. The van der Waals surface area contributed by atoms with E-state index in [0.29, 0.717) is 0 Å². The van der Waals surface area contributed by atoms with Crippen LogP contribution in [0.4, 0.5) is 8.78 Å². The minimum Gasteiger partial charge on any atom is -0.366 e. The summed E-state index contributed by atoms with van der Waals surface area (Å²) >= 11 is 5.61. The summed E-state index contributed by atoms with van der Waals surface area (Å²) in [6.45, 7) is 0. The molecule has 0 radical (unpaired) electrons. The number of halogens is 3. The van der Waals surface area contributed by atoms with Crippen LogP contribution in [0.15, 0.2) is 24.3 Å². The van der Waals surface area contributed by atoms with Gasteiger partial charge in [0, 0.05) is 5.56 Å². The van der Waals surface area contributed by atoms with E-state index in [1.54, 1.807) is 0 Å². The Hall–Kier alpha value is -2.08. The van der Waals surface area contributed by atoms with Crippen molar-refractivity contribution in [2.45, 2.75) is 0 Å². The van der Waals surface area contributed by atoms with Gasteiger partial charge >= 0.3 is 0 Å². The first-order valence-electron chi connectivity index (χ1n) is 4.78. The highest BCUT2D eigenvalue weighted by Gasteiger charge is 2.15. The Morgan fingerprint density at radius 1 is 1.28 bits per heavy atom. The first kappa shape index (κ1) is 12.4. The van der Waals surface area contributed by atoms with Crippen molar-refractivity contribution in [3.05, 3.63) is 46.6 Å². The molecule has 92 valence electrons. The number of amides is 1. The molecule has 0 aliphatic heterocycles. The maximum atomic E-state index is 13.5. The number of carbonyl (C=O) groups is 1. The van der Waals surface area contributed by atoms with E-state index in [1.165, 1.54) is 12.1 Å². The summed E-state index contributed by atoms with van der Waals surface area (Å²) in [4.78, 5) is 11.1. The van der Waals surface area contributed by atoms with Crippen molar-refractivity contribution in [3.63, 3.8) is 0 Å². The number of carbonyl (C=O) groups excluding carboxylic acids is 1. The van der Waals surface area contributed by atoms with Gasteiger partial charge in [-0.05, 0) is 18.2 Å². The Morgan fingerprint density at radius 3 is 2.67 bits per heavy atom. The van der Waals surface area contributed by atoms with Gasteiger partial charge in [0.15, 0.2) is 16.8 Å². The van der Waals surface area contributed by atoms with Crippen LogP contribution >= 0.6 is 11.6 Å². The van der Waals surface area contributed by atoms with E-state index in [0.717, 1.165) is 12.1 Å². The first-order chi connectivity index (χ1) is 8.50. The Morgan fingerprint density at radius 2 is 2.00 bits per heavy atom. The van der Waals surface area contributed by atoms with Gasteiger partial charge in [0.25, 0.3) is 5.91 Å². The molecule has 0 aliphatic rings. The number of aromatic nitrogens is 2. The normalized spacial score (nSPS) is 10.4. The molecule has 2 rings (SSSR count). The summed E-state index contributed by atoms with van der Waals surface area (Å²) in [7, 11) is 0. The number of benzene rings is 1. The minimum absolute atomic E-state index is 0.0230. The Bertz CT molecular complexity index is 634. The number of hydrogen-bond acceptors (Lipinski definition) is 3. The average molecular weight is 270 g/mol. The van der Waals surface area contributed by atoms with Crippen molar-refractivity contribution >= 4 is 17.5 Å². The third-order valence-corrected chi connectivity index (χ3v) is 2.52. The molecule has 2 N–H and O–H groups in total. The fraction of sp³-hybridized carbons (Fsp3) is 0. The summed E-state index contributed by atoms with van der Waals surface area (Å²) in [6.07, 6.45) is 0. The van der Waals surface area contributed by atoms with Gasteiger partial charge in [-0.2, -0.15) is 0 Å². The van der Waals surface area contributed by atoms with Gasteiger partial charge in [0.1, 0.15) is 0 Å². The number of rotatable bonds is 2. The monoisotopic (exact) mass is 269 g/mol. The van der Waals surface area contributed by atoms with Gasteiger partial charge in [-0.25, -0.2) is 8.78 Å². The SMILES string of the molecule is NC(=O)c1cc(-c2cccc(F)c2F)nnc1Cl. The van der Waals surface area contributed by atoms with Crippen LogP contribution in [0.3, 0.4) is 0 Å². The standard InChI is InChI=1S/C11H6ClF2N3O/c12-10-6(11(15)18)4-8(16-17-10)5-2-1-3-7(13)9(5)14/h1-4H,(H2,15,18). The van der Waals surface area contributed by atoms with Gasteiger partial charge in [-0.15, -0.1) is 10.2 Å². The second-order valence-corrected chi connectivity index (χ2v) is 3.76. The van der Waals surface area contributed by atoms with Crippen molar-refractivity contribution in [2.24, 2.45) is 5.73 Å². The van der Waals surface area contributed by atoms with E-state index in [2.05, 4.69) is 10.2 Å². The molecule has 0 fully saturated rings. The smallest absolute Gasteiger partial charge is 0.251 e. The molecule has 0 saturated heterocycles. The Kier molecular flexibility index (Phi) is 3.20. The lowest BCUT2D eigenvalue weighted by molar-refractivity contribution is 0.1000. The van der Waals surface area contributed by atoms with Crippen LogP contribution < -0.4 is 5.73 Å². The fourth-order valence-corrected chi connectivity index (χ4v) is 1.57. The zero-order chi connectivity index (χ0) is 13.3. The molecule has 1 heterocycles. The number of hydrogen-bond donors (Lipinski definition) is 1. The predicted molar refractivity (Wildman–Crippen MR) is 60.9 cm³/mol. The summed E-state index contributed by atoms with van der Waals surface area (Å²) < 4.78 is 26.6. The van der Waals surface area contributed by atoms with Crippen LogP contribution in [0.25, 0.3) is 11.3 Å². The van der Waals surface area contributed by atoms with Crippen LogP contribution in [0.5, 0.6) is 0 Å². The molecular formula is C11H6ClF2N3O. The molecule has 1 aromatic carbocycles. The van der Waals surface area contributed by atoms with Crippen molar-refractivity contribution in [1.82, 2.24) is 10.2 Å². The quantitative estimate of drug-likeness (QED) is 0.908. The van der Waals surface area contributed by atoms with E-state index in [4.69, 9.17) is 17.3 Å². The van der Waals surface area contributed by atoms with E-state index in [1.807, 2.05) is 0 Å². The van der Waals surface area contributed by atoms with Crippen LogP contribution in [-0.4, -0.2) is 16.1 Å². The molecule has 0 saturated carbocycles. The third kappa shape index (κ3) is 2.14. The van der Waals surface area contributed by atoms with Crippen LogP contribution in [0, 0.1) is 11.6 Å². The second-order valence-electron chi connectivity index (χ2n) is 3.40. The molecule has 4 nitrogen and oxygen atoms in total. The van der Waals surface area contributed by atoms with Gasteiger partial charge < -0.3 is 5.73 Å². The minimum atomic E-state index is -1.08. The number of primary amides is 1. The molecule has 7 heteroatoms. The molecule has 1 amide bonds. The number of nitrogens with two attached hydrogens (primary N) is 1. The zero-order valence-electron chi connectivity index (χ0n) is 8.82. The Labute approximate surface area is 105 Å². The van der Waals surface area contributed by atoms with Crippen molar-refractivity contribution < 1.29 is 13.6 Å². The predicted octanol–water partition coefficient (Wildman–Crippen LogP) is 2.17. The third-order valence-electron chi connectivity index (χ3n) is 2.24. The van der Waals surface area contributed by atoms with E-state index < -0.39 is 17.5 Å². The molecule has 0 aliphatic carbocycles. The molecule has 0 atom stereocenters. The van der Waals surface area contributed by atoms with Gasteiger partial charge in [0.05, 0.1) is 11.3 Å². The lowest BCUT2D eigenvalue weighted by Gasteiger charge is -2.04. The van der Waals surface area contributed by atoms with E-state index in [9.17, 15) is 13.6 Å². The molecule has 0 unspecified atom stereocenters. The van der Waals surface area contributed by atoms with Gasteiger partial charge in [0.2, 0.25) is 0 Å². The van der Waals surface area contributed by atoms with E-state index >= 15 is 0 Å². The van der Waals surface area contributed by atoms with Crippen LogP contribution in [0.1, 0.15) is 10.4 Å². The largest absolute Gasteiger partial charge is 0.366 e. The molecular weight excluding hydrogens is 264 g/mol. The molecule has 1 aromatic heterocycles. The van der Waals surface area contributed by atoms with Gasteiger partial charge in [-0.3, -0.25) is 4.79 Å². The van der Waals surface area contributed by atoms with Gasteiger partial charge in [-0.1, -0.05) is 17.7 Å². The highest BCUT2D eigenvalue weighted by atomic mass is 35.5. The van der Waals surface area contributed by atoms with E-state index in [-0.39, 0.29) is 22.0 Å². The molecule has 18 heavy (non-hydrogen) atoms. The van der Waals surface area contributed by atoms with Crippen LogP contribution in [-0.2, 0) is 0 Å². The molecule has 0 bridgehead atoms. The van der Waals surface area contributed by atoms with Crippen LogP contribution in [0.2, 0.25) is 5.15 Å². The highest BCUT2D eigenvalue weighted by molar-refractivity contribution is 6.32. The van der Waals surface area contributed by atoms with Crippen molar-refractivity contribution in [2.75, 3.05) is 0 Å². The second kappa shape index (κ2) is 4.66. The van der Waals surface area contributed by atoms with Crippen molar-refractivity contribution in [3.8, 4) is 11.3 Å². The summed E-state index contributed by atoms with van der Waals surface area (Å²) in [5.41, 5.74) is 4.82. The topological polar surface area (TPSA) is 68.9 Å². The highest BCUT2D eigenvalue weighted by Crippen LogP contribution is 2.24. The zero-order valence-corrected chi connectivity index (χ0v) is 9.58. The average Bonchev–Trinajstić information content (AvgIpc) is 2.33. The lowest BCUT2D eigenvalue weighted by Crippen LogP contribution is -2.13. The maximum Gasteiger partial charge on any atom is 0.251 e. The summed E-state index contributed by atoms with van der Waals surface area (Å²) in [5.74, 6) is -2.93. The number of nitrogens with zero attached hydrogens (tertiary/aromatic N) is 2. The maximum absolute atomic E-state index is 13.5.